The summed E-state index contributed by atoms with van der Waals surface area (Å²) >= 11 is 0. The molecule has 1 heterocycles. The standard InChI is InChI=1S/C20H20FN/c1-13-18(16-10-6-7-11-17(16)22(13)3)19-15-9-5-4-8-14(15)12-20(19,2)21/h4-11,13H,12H2,1-3H3/t13?,20-/m0/s1. The number of likely N-dealkylation sites (N-methyl/N-ethyl adjacent to an activating group) is 1. The number of allylic oxidation sites excluding steroid dienone is 1. The molecule has 2 aromatic carbocycles. The molecule has 0 fully saturated rings. The molecule has 0 spiro atoms. The Kier molecular flexibility index (Phi) is 2.75. The fourth-order valence-corrected chi connectivity index (χ4v) is 4.05. The first kappa shape index (κ1) is 13.6. The van der Waals surface area contributed by atoms with Gasteiger partial charge in [-0.05, 0) is 36.6 Å². The van der Waals surface area contributed by atoms with E-state index in [4.69, 9.17) is 0 Å². The Hall–Kier alpha value is -2.09. The van der Waals surface area contributed by atoms with Gasteiger partial charge in [0.25, 0.3) is 0 Å². The molecule has 1 unspecified atom stereocenters. The van der Waals surface area contributed by atoms with Gasteiger partial charge < -0.3 is 4.90 Å². The van der Waals surface area contributed by atoms with Crippen molar-refractivity contribution < 1.29 is 4.39 Å². The summed E-state index contributed by atoms with van der Waals surface area (Å²) in [7, 11) is 2.09. The maximum Gasteiger partial charge on any atom is 0.138 e. The van der Waals surface area contributed by atoms with Crippen molar-refractivity contribution in [2.45, 2.75) is 32.0 Å². The number of hydrogen-bond donors (Lipinski definition) is 0. The van der Waals surface area contributed by atoms with Gasteiger partial charge in [0.1, 0.15) is 5.67 Å². The van der Waals surface area contributed by atoms with E-state index < -0.39 is 5.67 Å². The van der Waals surface area contributed by atoms with Crippen LogP contribution in [0.25, 0.3) is 11.1 Å². The highest BCUT2D eigenvalue weighted by molar-refractivity contribution is 6.04. The first-order chi connectivity index (χ1) is 10.5. The summed E-state index contributed by atoms with van der Waals surface area (Å²) in [5.41, 5.74) is 5.30. The smallest absolute Gasteiger partial charge is 0.138 e. The van der Waals surface area contributed by atoms with Crippen LogP contribution in [0.1, 0.15) is 30.5 Å². The Labute approximate surface area is 131 Å². The zero-order valence-corrected chi connectivity index (χ0v) is 13.2. The second kappa shape index (κ2) is 4.45. The van der Waals surface area contributed by atoms with Crippen LogP contribution in [0.15, 0.2) is 48.5 Å². The van der Waals surface area contributed by atoms with Crippen LogP contribution in [0.4, 0.5) is 10.1 Å². The number of halogens is 1. The summed E-state index contributed by atoms with van der Waals surface area (Å²) in [5.74, 6) is 0. The summed E-state index contributed by atoms with van der Waals surface area (Å²) in [6, 6.07) is 16.6. The molecule has 2 aliphatic rings. The first-order valence-electron chi connectivity index (χ1n) is 7.85. The normalized spacial score (nSPS) is 29.6. The number of nitrogens with zero attached hydrogens (tertiary/aromatic N) is 1. The van der Waals surface area contributed by atoms with Gasteiger partial charge in [-0.2, -0.15) is 0 Å². The van der Waals surface area contributed by atoms with Crippen LogP contribution >= 0.6 is 0 Å². The predicted molar refractivity (Wildman–Crippen MR) is 90.8 cm³/mol. The van der Waals surface area contributed by atoms with Crippen LogP contribution < -0.4 is 4.90 Å². The summed E-state index contributed by atoms with van der Waals surface area (Å²) in [6.07, 6.45) is 0.473. The van der Waals surface area contributed by atoms with Gasteiger partial charge in [0, 0.05) is 30.3 Å². The monoisotopic (exact) mass is 293 g/mol. The lowest BCUT2D eigenvalue weighted by Gasteiger charge is -2.24. The van der Waals surface area contributed by atoms with Gasteiger partial charge in [0.2, 0.25) is 0 Å². The van der Waals surface area contributed by atoms with E-state index >= 15 is 4.39 Å². The molecular weight excluding hydrogens is 273 g/mol. The van der Waals surface area contributed by atoms with Gasteiger partial charge in [-0.15, -0.1) is 0 Å². The highest BCUT2D eigenvalue weighted by Gasteiger charge is 2.43. The Morgan fingerprint density at radius 2 is 1.68 bits per heavy atom. The third kappa shape index (κ3) is 1.70. The minimum atomic E-state index is -1.30. The second-order valence-electron chi connectivity index (χ2n) is 6.62. The molecular formula is C20H20FN. The van der Waals surface area contributed by atoms with E-state index in [0.717, 1.165) is 22.3 Å². The van der Waals surface area contributed by atoms with E-state index in [1.165, 1.54) is 11.3 Å². The zero-order valence-electron chi connectivity index (χ0n) is 13.2. The van der Waals surface area contributed by atoms with E-state index in [-0.39, 0.29) is 6.04 Å². The molecule has 0 amide bonds. The van der Waals surface area contributed by atoms with Crippen molar-refractivity contribution in [3.8, 4) is 0 Å². The molecule has 2 atom stereocenters. The predicted octanol–water partition coefficient (Wildman–Crippen LogP) is 4.72. The van der Waals surface area contributed by atoms with Gasteiger partial charge in [-0.25, -0.2) is 4.39 Å². The van der Waals surface area contributed by atoms with Crippen molar-refractivity contribution in [1.82, 2.24) is 0 Å². The Balaban J connectivity index is 2.06. The van der Waals surface area contributed by atoms with Crippen LogP contribution in [0.5, 0.6) is 0 Å². The number of alkyl halides is 1. The molecule has 0 aromatic heterocycles. The molecule has 112 valence electrons. The van der Waals surface area contributed by atoms with Crippen LogP contribution in [-0.2, 0) is 6.42 Å². The maximum atomic E-state index is 15.4. The van der Waals surface area contributed by atoms with Crippen LogP contribution in [0.2, 0.25) is 0 Å². The average molecular weight is 293 g/mol. The van der Waals surface area contributed by atoms with Gasteiger partial charge in [0.05, 0.1) is 6.04 Å². The van der Waals surface area contributed by atoms with Crippen molar-refractivity contribution >= 4 is 16.8 Å². The van der Waals surface area contributed by atoms with E-state index in [2.05, 4.69) is 43.1 Å². The molecule has 22 heavy (non-hydrogen) atoms. The van der Waals surface area contributed by atoms with Gasteiger partial charge >= 0.3 is 0 Å². The third-order valence-electron chi connectivity index (χ3n) is 5.17. The molecule has 0 bridgehead atoms. The highest BCUT2D eigenvalue weighted by Crippen LogP contribution is 2.51. The molecule has 1 nitrogen and oxygen atoms in total. The molecule has 4 rings (SSSR count). The molecule has 0 saturated carbocycles. The minimum absolute atomic E-state index is 0.189. The maximum absolute atomic E-state index is 15.4. The molecule has 1 aliphatic heterocycles. The van der Waals surface area contributed by atoms with Crippen LogP contribution in [0.3, 0.4) is 0 Å². The molecule has 0 saturated heterocycles. The van der Waals surface area contributed by atoms with Crippen LogP contribution in [0, 0.1) is 0 Å². The summed E-state index contributed by atoms with van der Waals surface area (Å²) in [6.45, 7) is 3.89. The largest absolute Gasteiger partial charge is 0.367 e. The lowest BCUT2D eigenvalue weighted by molar-refractivity contribution is 0.280. The second-order valence-corrected chi connectivity index (χ2v) is 6.62. The van der Waals surface area contributed by atoms with E-state index in [1.54, 1.807) is 6.92 Å². The topological polar surface area (TPSA) is 3.24 Å². The zero-order chi connectivity index (χ0) is 15.5. The summed E-state index contributed by atoms with van der Waals surface area (Å²) in [4.78, 5) is 2.24. The van der Waals surface area contributed by atoms with Crippen molar-refractivity contribution in [2.75, 3.05) is 11.9 Å². The van der Waals surface area contributed by atoms with Gasteiger partial charge in [-0.3, -0.25) is 0 Å². The van der Waals surface area contributed by atoms with E-state index in [9.17, 15) is 0 Å². The molecule has 0 radical (unpaired) electrons. The van der Waals surface area contributed by atoms with E-state index in [0.29, 0.717) is 6.42 Å². The lowest BCUT2D eigenvalue weighted by atomic mass is 9.88. The third-order valence-corrected chi connectivity index (χ3v) is 5.17. The number of anilines is 1. The Morgan fingerprint density at radius 3 is 2.45 bits per heavy atom. The Morgan fingerprint density at radius 1 is 1.05 bits per heavy atom. The molecule has 2 aromatic rings. The molecule has 0 N–H and O–H groups in total. The first-order valence-corrected chi connectivity index (χ1v) is 7.85. The number of hydrogen-bond acceptors (Lipinski definition) is 1. The van der Waals surface area contributed by atoms with Crippen molar-refractivity contribution in [2.24, 2.45) is 0 Å². The average Bonchev–Trinajstić information content (AvgIpc) is 2.90. The number of fused-ring (bicyclic) bond motifs is 2. The number of rotatable bonds is 0. The lowest BCUT2D eigenvalue weighted by Crippen LogP contribution is -2.26. The molecule has 1 aliphatic carbocycles. The van der Waals surface area contributed by atoms with Crippen molar-refractivity contribution in [3.05, 3.63) is 65.2 Å². The molecule has 2 heteroatoms. The SMILES string of the molecule is CC1C(=C2c3ccccc3C[C@]2(C)F)c2ccccc2N1C. The minimum Gasteiger partial charge on any atom is -0.367 e. The van der Waals surface area contributed by atoms with Gasteiger partial charge in [-0.1, -0.05) is 42.5 Å². The van der Waals surface area contributed by atoms with Crippen molar-refractivity contribution in [1.29, 1.82) is 0 Å². The summed E-state index contributed by atoms with van der Waals surface area (Å²) < 4.78 is 15.4. The van der Waals surface area contributed by atoms with Crippen LogP contribution in [-0.4, -0.2) is 18.8 Å². The summed E-state index contributed by atoms with van der Waals surface area (Å²) in [5, 5.41) is 0. The quantitative estimate of drug-likeness (QED) is 0.679. The fraction of sp³-hybridized carbons (Fsp3) is 0.300. The van der Waals surface area contributed by atoms with E-state index in [1.807, 2.05) is 24.3 Å². The van der Waals surface area contributed by atoms with Gasteiger partial charge in [0.15, 0.2) is 0 Å². The number of benzene rings is 2. The number of para-hydroxylation sites is 1. The fourth-order valence-electron chi connectivity index (χ4n) is 4.05. The Bertz CT molecular complexity index is 788. The van der Waals surface area contributed by atoms with Crippen molar-refractivity contribution in [3.63, 3.8) is 0 Å². The highest BCUT2D eigenvalue weighted by atomic mass is 19.1.